The van der Waals surface area contributed by atoms with Gasteiger partial charge in [-0.25, -0.2) is 0 Å². The molecule has 172 valence electrons. The van der Waals surface area contributed by atoms with Gasteiger partial charge in [0.05, 0.1) is 6.04 Å². The molecule has 0 aromatic carbocycles. The molecular weight excluding hydrogens is 410 g/mol. The van der Waals surface area contributed by atoms with Gasteiger partial charge in [-0.1, -0.05) is 0 Å². The molecule has 7 N–H and O–H groups in total. The van der Waals surface area contributed by atoms with E-state index in [4.69, 9.17) is 16.6 Å². The number of carbonyl (C=O) groups excluding carboxylic acids is 3. The largest absolute Gasteiger partial charge is 0.480 e. The second kappa shape index (κ2) is 13.5. The maximum absolute atomic E-state index is 13.2. The predicted molar refractivity (Wildman–Crippen MR) is 116 cm³/mol. The highest BCUT2D eigenvalue weighted by Crippen LogP contribution is 2.20. The van der Waals surface area contributed by atoms with E-state index in [1.165, 1.54) is 11.8 Å². The zero-order valence-corrected chi connectivity index (χ0v) is 18.6. The quantitative estimate of drug-likeness (QED) is 0.231. The van der Waals surface area contributed by atoms with Crippen LogP contribution in [0, 0.1) is 0 Å². The third-order valence-corrected chi connectivity index (χ3v) is 5.74. The van der Waals surface area contributed by atoms with Gasteiger partial charge < -0.3 is 32.1 Å². The van der Waals surface area contributed by atoms with Crippen LogP contribution in [0.2, 0.25) is 0 Å². The van der Waals surface area contributed by atoms with Crippen molar-refractivity contribution < 1.29 is 24.3 Å². The minimum Gasteiger partial charge on any atom is -0.480 e. The Hall–Kier alpha value is -1.85. The van der Waals surface area contributed by atoms with Crippen LogP contribution in [0.5, 0.6) is 0 Å². The minimum absolute atomic E-state index is 0.349. The van der Waals surface area contributed by atoms with E-state index >= 15 is 0 Å². The van der Waals surface area contributed by atoms with Crippen molar-refractivity contribution in [2.45, 2.75) is 69.6 Å². The number of nitrogens with two attached hydrogens (primary N) is 2. The maximum Gasteiger partial charge on any atom is 0.325 e. The van der Waals surface area contributed by atoms with Gasteiger partial charge in [-0.15, -0.1) is 0 Å². The second-order valence-electron chi connectivity index (χ2n) is 7.49. The number of carboxylic acid groups (broad SMARTS) is 1. The van der Waals surface area contributed by atoms with Gasteiger partial charge in [-0.2, -0.15) is 11.8 Å². The van der Waals surface area contributed by atoms with Gasteiger partial charge in [0, 0.05) is 6.54 Å². The summed E-state index contributed by atoms with van der Waals surface area (Å²) in [7, 11) is 0. The number of carbonyl (C=O) groups is 4. The number of rotatable bonds is 13. The Morgan fingerprint density at radius 2 is 1.90 bits per heavy atom. The van der Waals surface area contributed by atoms with E-state index in [-0.39, 0.29) is 5.91 Å². The molecule has 0 aliphatic carbocycles. The summed E-state index contributed by atoms with van der Waals surface area (Å²) in [6, 6.07) is -3.31. The highest BCUT2D eigenvalue weighted by Gasteiger charge is 2.38. The molecule has 1 saturated heterocycles. The van der Waals surface area contributed by atoms with Gasteiger partial charge in [0.1, 0.15) is 18.1 Å². The second-order valence-corrected chi connectivity index (χ2v) is 8.48. The van der Waals surface area contributed by atoms with Crippen molar-refractivity contribution in [3.8, 4) is 0 Å². The first kappa shape index (κ1) is 26.2. The Balaban J connectivity index is 2.86. The van der Waals surface area contributed by atoms with Crippen LogP contribution in [0.1, 0.15) is 45.4 Å². The molecule has 0 saturated carbocycles. The summed E-state index contributed by atoms with van der Waals surface area (Å²) < 4.78 is 0. The first-order chi connectivity index (χ1) is 14.2. The number of thioether (sulfide) groups is 1. The molecule has 3 amide bonds. The molecule has 1 rings (SSSR count). The fraction of sp³-hybridized carbons (Fsp3) is 0.789. The van der Waals surface area contributed by atoms with Crippen molar-refractivity contribution in [3.63, 3.8) is 0 Å². The minimum atomic E-state index is -1.15. The van der Waals surface area contributed by atoms with Gasteiger partial charge in [0.2, 0.25) is 17.7 Å². The Kier molecular flexibility index (Phi) is 11.7. The van der Waals surface area contributed by atoms with Crippen LogP contribution in [0.15, 0.2) is 0 Å². The van der Waals surface area contributed by atoms with Crippen LogP contribution in [0.3, 0.4) is 0 Å². The van der Waals surface area contributed by atoms with Crippen molar-refractivity contribution in [1.82, 2.24) is 15.5 Å². The number of nitrogens with zero attached hydrogens (tertiary/aromatic N) is 1. The summed E-state index contributed by atoms with van der Waals surface area (Å²) in [5, 5.41) is 14.2. The van der Waals surface area contributed by atoms with Gasteiger partial charge in [0.25, 0.3) is 0 Å². The number of hydrogen-bond donors (Lipinski definition) is 5. The van der Waals surface area contributed by atoms with Crippen molar-refractivity contribution in [1.29, 1.82) is 0 Å². The van der Waals surface area contributed by atoms with Crippen LogP contribution in [0.25, 0.3) is 0 Å². The summed E-state index contributed by atoms with van der Waals surface area (Å²) in [6.45, 7) is 2.22. The molecule has 0 aromatic heterocycles. The zero-order valence-electron chi connectivity index (χ0n) is 17.8. The molecule has 30 heavy (non-hydrogen) atoms. The van der Waals surface area contributed by atoms with Crippen LogP contribution < -0.4 is 22.1 Å². The molecular formula is C19H35N5O5S. The number of unbranched alkanes of at least 4 members (excludes halogenated alkanes) is 1. The highest BCUT2D eigenvalue weighted by molar-refractivity contribution is 7.98. The van der Waals surface area contributed by atoms with Crippen molar-refractivity contribution in [2.75, 3.05) is 25.1 Å². The maximum atomic E-state index is 13.2. The fourth-order valence-electron chi connectivity index (χ4n) is 3.28. The SMILES string of the molecule is CSCCC(N)C(=O)NC(CCCCN)C(=O)N1CCCC1C(=O)NC(C)C(=O)O. The molecule has 1 heterocycles. The average Bonchev–Trinajstić information content (AvgIpc) is 3.20. The van der Waals surface area contributed by atoms with Gasteiger partial charge >= 0.3 is 5.97 Å². The molecule has 10 nitrogen and oxygen atoms in total. The standard InChI is InChI=1S/C19H35N5O5S/c1-12(19(28)29)22-17(26)15-7-5-10-24(15)18(27)14(6-3-4-9-20)23-16(25)13(21)8-11-30-2/h12-15H,3-11,20-21H2,1-2H3,(H,22,26)(H,23,25)(H,28,29). The lowest BCUT2D eigenvalue weighted by Crippen LogP contribution is -2.56. The van der Waals surface area contributed by atoms with Crippen molar-refractivity contribution in [3.05, 3.63) is 0 Å². The van der Waals surface area contributed by atoms with E-state index in [0.717, 1.165) is 5.75 Å². The molecule has 0 bridgehead atoms. The number of amides is 3. The molecule has 4 atom stereocenters. The zero-order chi connectivity index (χ0) is 22.7. The summed E-state index contributed by atoms with van der Waals surface area (Å²) in [6.07, 6.45) is 5.24. The monoisotopic (exact) mass is 445 g/mol. The first-order valence-corrected chi connectivity index (χ1v) is 11.7. The molecule has 1 fully saturated rings. The Morgan fingerprint density at radius 1 is 1.20 bits per heavy atom. The summed E-state index contributed by atoms with van der Waals surface area (Å²) >= 11 is 1.58. The van der Waals surface area contributed by atoms with E-state index in [1.54, 1.807) is 11.8 Å². The topological polar surface area (TPSA) is 168 Å². The number of hydrogen-bond acceptors (Lipinski definition) is 7. The smallest absolute Gasteiger partial charge is 0.325 e. The number of carboxylic acids is 1. The number of nitrogens with one attached hydrogen (secondary N) is 2. The molecule has 1 aliphatic heterocycles. The van der Waals surface area contributed by atoms with E-state index in [2.05, 4.69) is 10.6 Å². The lowest BCUT2D eigenvalue weighted by Gasteiger charge is -2.29. The van der Waals surface area contributed by atoms with Crippen LogP contribution in [-0.2, 0) is 19.2 Å². The number of likely N-dealkylation sites (tertiary alicyclic amines) is 1. The molecule has 0 radical (unpaired) electrons. The average molecular weight is 446 g/mol. The van der Waals surface area contributed by atoms with Crippen LogP contribution >= 0.6 is 11.8 Å². The Bertz CT molecular complexity index is 606. The predicted octanol–water partition coefficient (Wildman–Crippen LogP) is -0.739. The number of aliphatic carboxylic acids is 1. The lowest BCUT2D eigenvalue weighted by molar-refractivity contribution is -0.144. The summed E-state index contributed by atoms with van der Waals surface area (Å²) in [5.74, 6) is -1.66. The van der Waals surface area contributed by atoms with E-state index in [1.807, 2.05) is 6.26 Å². The molecule has 4 unspecified atom stereocenters. The Morgan fingerprint density at radius 3 is 2.50 bits per heavy atom. The normalized spacial score (nSPS) is 19.1. The van der Waals surface area contributed by atoms with Gasteiger partial charge in [-0.05, 0) is 64.0 Å². The third-order valence-electron chi connectivity index (χ3n) is 5.10. The van der Waals surface area contributed by atoms with E-state index < -0.39 is 42.0 Å². The third kappa shape index (κ3) is 8.11. The molecule has 0 aromatic rings. The summed E-state index contributed by atoms with van der Waals surface area (Å²) in [5.41, 5.74) is 11.5. The van der Waals surface area contributed by atoms with Gasteiger partial charge in [0.15, 0.2) is 0 Å². The first-order valence-electron chi connectivity index (χ1n) is 10.3. The van der Waals surface area contributed by atoms with Gasteiger partial charge in [-0.3, -0.25) is 19.2 Å². The van der Waals surface area contributed by atoms with Crippen LogP contribution in [0.4, 0.5) is 0 Å². The van der Waals surface area contributed by atoms with E-state index in [9.17, 15) is 19.2 Å². The molecule has 1 aliphatic rings. The van der Waals surface area contributed by atoms with E-state index in [0.29, 0.717) is 51.6 Å². The lowest BCUT2D eigenvalue weighted by atomic mass is 10.1. The fourth-order valence-corrected chi connectivity index (χ4v) is 3.77. The molecule has 11 heteroatoms. The highest BCUT2D eigenvalue weighted by atomic mass is 32.2. The molecule has 0 spiro atoms. The summed E-state index contributed by atoms with van der Waals surface area (Å²) in [4.78, 5) is 50.6. The Labute approximate surface area is 181 Å². The van der Waals surface area contributed by atoms with Crippen LogP contribution in [-0.4, -0.2) is 83.0 Å². The van der Waals surface area contributed by atoms with Crippen molar-refractivity contribution >= 4 is 35.5 Å². The van der Waals surface area contributed by atoms with Crippen molar-refractivity contribution in [2.24, 2.45) is 11.5 Å².